The van der Waals surface area contributed by atoms with E-state index >= 15 is 0 Å². The van der Waals surface area contributed by atoms with Gasteiger partial charge in [-0.2, -0.15) is 16.7 Å². The van der Waals surface area contributed by atoms with Crippen LogP contribution in [0.15, 0.2) is 41.5 Å². The Hall–Kier alpha value is -3.57. The molecular weight excluding hydrogens is 460 g/mol. The minimum Gasteiger partial charge on any atom is -0.368 e. The van der Waals surface area contributed by atoms with Crippen LogP contribution in [0.2, 0.25) is 0 Å². The number of aryl methyl sites for hydroxylation is 1. The Labute approximate surface area is 208 Å². The lowest BCUT2D eigenvalue weighted by molar-refractivity contribution is 0.577. The number of aromatic nitrogens is 3. The van der Waals surface area contributed by atoms with E-state index in [-0.39, 0.29) is 12.0 Å². The van der Waals surface area contributed by atoms with Gasteiger partial charge < -0.3 is 16.0 Å². The van der Waals surface area contributed by atoms with E-state index in [9.17, 15) is 0 Å². The number of nitrogens with two attached hydrogens (primary N) is 1. The second-order valence-corrected chi connectivity index (χ2v) is 9.64. The fourth-order valence-corrected chi connectivity index (χ4v) is 5.24. The first-order chi connectivity index (χ1) is 17.1. The Morgan fingerprint density at radius 1 is 1.17 bits per heavy atom. The maximum absolute atomic E-state index is 6.06. The predicted molar refractivity (Wildman–Crippen MR) is 145 cm³/mol. The molecule has 1 unspecified atom stereocenters. The first kappa shape index (κ1) is 23.2. The number of fused-ring (bicyclic) bond motifs is 1. The molecule has 10 nitrogen and oxygen atoms in total. The fourth-order valence-electron chi connectivity index (χ4n) is 4.33. The van der Waals surface area contributed by atoms with Crippen LogP contribution >= 0.6 is 11.8 Å². The number of pyridine rings is 1. The highest BCUT2D eigenvalue weighted by Crippen LogP contribution is 2.34. The van der Waals surface area contributed by atoms with Crippen molar-refractivity contribution in [2.24, 2.45) is 5.10 Å². The maximum atomic E-state index is 6.06. The number of nitrogens with zero attached hydrogens (tertiary/aromatic N) is 5. The summed E-state index contributed by atoms with van der Waals surface area (Å²) < 4.78 is 0. The molecule has 0 bridgehead atoms. The summed E-state index contributed by atoms with van der Waals surface area (Å²) in [5.74, 6) is 4.84. The second kappa shape index (κ2) is 10.4. The summed E-state index contributed by atoms with van der Waals surface area (Å²) in [6, 6.07) is 10.5. The highest BCUT2D eigenvalue weighted by Gasteiger charge is 2.23. The number of hydrazone groups is 1. The van der Waals surface area contributed by atoms with Crippen molar-refractivity contribution in [2.45, 2.75) is 26.3 Å². The molecule has 6 N–H and O–H groups in total. The Morgan fingerprint density at radius 3 is 2.77 bits per heavy atom. The zero-order valence-corrected chi connectivity index (χ0v) is 20.7. The largest absolute Gasteiger partial charge is 0.368 e. The monoisotopic (exact) mass is 490 g/mol. The summed E-state index contributed by atoms with van der Waals surface area (Å²) in [7, 11) is 0. The summed E-state index contributed by atoms with van der Waals surface area (Å²) in [6.45, 7) is 6.08. The molecule has 0 spiro atoms. The lowest BCUT2D eigenvalue weighted by Gasteiger charge is -2.32. The zero-order chi connectivity index (χ0) is 24.2. The molecule has 4 heterocycles. The van der Waals surface area contributed by atoms with E-state index in [2.05, 4.69) is 73.0 Å². The molecule has 2 aromatic heterocycles. The summed E-state index contributed by atoms with van der Waals surface area (Å²) in [4.78, 5) is 16.5. The molecule has 0 amide bonds. The van der Waals surface area contributed by atoms with Gasteiger partial charge in [-0.15, -0.1) is 10.6 Å². The van der Waals surface area contributed by atoms with Crippen LogP contribution in [-0.4, -0.2) is 45.4 Å². The van der Waals surface area contributed by atoms with Crippen molar-refractivity contribution in [1.82, 2.24) is 31.4 Å². The number of anilines is 3. The standard InChI is InChI=1S/C24H30N10S/c1-3-19(27-22-17(15(2)26-24(25)29-22)8-9-21-30-32-33-31-21)18-14-16-6-4-5-7-20(16)28-23(18)34-10-12-35-13-11-34/h4-9,14,19,32-33H,3,10-13H2,1-2H3,(H,30,31)(H3,25,26,27,29)/b9-8+. The number of benzene rings is 1. The molecule has 2 aliphatic heterocycles. The Kier molecular flexibility index (Phi) is 6.87. The summed E-state index contributed by atoms with van der Waals surface area (Å²) >= 11 is 1.99. The van der Waals surface area contributed by atoms with Gasteiger partial charge in [-0.05, 0) is 37.6 Å². The number of hydrazine groups is 2. The van der Waals surface area contributed by atoms with Crippen LogP contribution in [0.25, 0.3) is 17.0 Å². The van der Waals surface area contributed by atoms with Crippen LogP contribution in [0.3, 0.4) is 0 Å². The third kappa shape index (κ3) is 5.10. The van der Waals surface area contributed by atoms with Crippen LogP contribution in [0.4, 0.5) is 17.6 Å². The summed E-state index contributed by atoms with van der Waals surface area (Å²) in [6.07, 6.45) is 4.64. The predicted octanol–water partition coefficient (Wildman–Crippen LogP) is 2.97. The number of amidine groups is 1. The Balaban J connectivity index is 1.55. The number of thioether (sulfide) groups is 1. The van der Waals surface area contributed by atoms with E-state index < -0.39 is 0 Å². The molecule has 182 valence electrons. The van der Waals surface area contributed by atoms with Gasteiger partial charge in [-0.3, -0.25) is 5.43 Å². The number of rotatable bonds is 7. The number of hydrogen-bond acceptors (Lipinski definition) is 11. The molecule has 3 aromatic rings. The number of para-hydroxylation sites is 1. The van der Waals surface area contributed by atoms with Crippen molar-refractivity contribution in [2.75, 3.05) is 40.5 Å². The van der Waals surface area contributed by atoms with Crippen molar-refractivity contribution in [3.05, 3.63) is 53.2 Å². The average Bonchev–Trinajstić information content (AvgIpc) is 3.40. The van der Waals surface area contributed by atoms with Crippen LogP contribution in [0.5, 0.6) is 0 Å². The minimum absolute atomic E-state index is 0.0113. The number of nitrogens with one attached hydrogen (secondary N) is 4. The van der Waals surface area contributed by atoms with Gasteiger partial charge in [0.2, 0.25) is 5.95 Å². The molecule has 35 heavy (non-hydrogen) atoms. The van der Waals surface area contributed by atoms with Gasteiger partial charge in [0, 0.05) is 41.1 Å². The smallest absolute Gasteiger partial charge is 0.222 e. The van der Waals surface area contributed by atoms with Crippen molar-refractivity contribution in [3.8, 4) is 0 Å². The third-order valence-corrected chi connectivity index (χ3v) is 7.06. The van der Waals surface area contributed by atoms with Crippen LogP contribution in [0.1, 0.15) is 36.2 Å². The highest BCUT2D eigenvalue weighted by atomic mass is 32.2. The van der Waals surface area contributed by atoms with E-state index in [0.717, 1.165) is 64.6 Å². The summed E-state index contributed by atoms with van der Waals surface area (Å²) in [5, 5.41) is 8.90. The van der Waals surface area contributed by atoms with Crippen LogP contribution in [-0.2, 0) is 0 Å². The van der Waals surface area contributed by atoms with E-state index in [4.69, 9.17) is 10.7 Å². The zero-order valence-electron chi connectivity index (χ0n) is 19.9. The van der Waals surface area contributed by atoms with Gasteiger partial charge in [0.25, 0.3) is 0 Å². The molecule has 0 radical (unpaired) electrons. The third-order valence-electron chi connectivity index (χ3n) is 6.12. The van der Waals surface area contributed by atoms with E-state index in [0.29, 0.717) is 11.7 Å². The van der Waals surface area contributed by atoms with Crippen molar-refractivity contribution < 1.29 is 0 Å². The SMILES string of the molecule is CCC(Nc1nc(N)nc(C)c1/C=C/C1=NNNN1)c1cc2ccccc2nc1N1CCSCC1. The molecule has 5 rings (SSSR count). The van der Waals surface area contributed by atoms with Gasteiger partial charge in [-0.1, -0.05) is 25.1 Å². The van der Waals surface area contributed by atoms with Crippen LogP contribution < -0.4 is 32.4 Å². The molecule has 1 fully saturated rings. The number of hydrogen-bond donors (Lipinski definition) is 5. The van der Waals surface area contributed by atoms with E-state index in [1.165, 1.54) is 0 Å². The quantitative estimate of drug-likeness (QED) is 0.337. The van der Waals surface area contributed by atoms with Crippen molar-refractivity contribution in [1.29, 1.82) is 0 Å². The first-order valence-electron chi connectivity index (χ1n) is 11.8. The number of nitrogen functional groups attached to an aromatic ring is 1. The topological polar surface area (TPSA) is 128 Å². The second-order valence-electron chi connectivity index (χ2n) is 8.42. The first-order valence-corrected chi connectivity index (χ1v) is 12.9. The highest BCUT2D eigenvalue weighted by molar-refractivity contribution is 7.99. The van der Waals surface area contributed by atoms with Gasteiger partial charge in [0.15, 0.2) is 5.84 Å². The lowest BCUT2D eigenvalue weighted by atomic mass is 10.0. The molecule has 0 saturated carbocycles. The lowest BCUT2D eigenvalue weighted by Crippen LogP contribution is -2.34. The van der Waals surface area contributed by atoms with Gasteiger partial charge >= 0.3 is 0 Å². The molecule has 11 heteroatoms. The van der Waals surface area contributed by atoms with Gasteiger partial charge in [0.05, 0.1) is 17.3 Å². The summed E-state index contributed by atoms with van der Waals surface area (Å²) in [5.41, 5.74) is 18.2. The molecule has 1 saturated heterocycles. The molecule has 0 aliphatic carbocycles. The Morgan fingerprint density at radius 2 is 2.00 bits per heavy atom. The van der Waals surface area contributed by atoms with Gasteiger partial charge in [0.1, 0.15) is 11.6 Å². The van der Waals surface area contributed by atoms with Gasteiger partial charge in [-0.25, -0.2) is 15.5 Å². The maximum Gasteiger partial charge on any atom is 0.222 e. The normalized spacial score (nSPS) is 16.7. The molecular formula is C24H30N10S. The van der Waals surface area contributed by atoms with E-state index in [1.807, 2.05) is 36.9 Å². The van der Waals surface area contributed by atoms with Crippen molar-refractivity contribution >= 4 is 52.2 Å². The van der Waals surface area contributed by atoms with Crippen molar-refractivity contribution in [3.63, 3.8) is 0 Å². The molecule has 2 aliphatic rings. The van der Waals surface area contributed by atoms with Crippen LogP contribution in [0, 0.1) is 6.92 Å². The van der Waals surface area contributed by atoms with E-state index in [1.54, 1.807) is 0 Å². The molecule has 1 atom stereocenters. The minimum atomic E-state index is -0.0113. The average molecular weight is 491 g/mol. The fraction of sp³-hybridized carbons (Fsp3) is 0.333. The Bertz CT molecular complexity index is 1270. The molecule has 1 aromatic carbocycles.